The first-order valence-electron chi connectivity index (χ1n) is 5.92. The number of carboxylic acids is 1. The molecule has 5 heteroatoms. The number of methoxy groups -OCH3 is 1. The van der Waals surface area contributed by atoms with E-state index in [1.54, 1.807) is 36.6 Å². The molecule has 1 aromatic carbocycles. The fraction of sp³-hybridized carbons (Fsp3) is 0.133. The third-order valence-electron chi connectivity index (χ3n) is 2.60. The largest absolute Gasteiger partial charge is 0.497 e. The molecule has 4 nitrogen and oxygen atoms in total. The van der Waals surface area contributed by atoms with Gasteiger partial charge in [0, 0.05) is 17.7 Å². The van der Waals surface area contributed by atoms with Gasteiger partial charge in [0.1, 0.15) is 18.1 Å². The highest BCUT2D eigenvalue weighted by Crippen LogP contribution is 2.27. The third-order valence-corrected chi connectivity index (χ3v) is 3.33. The summed E-state index contributed by atoms with van der Waals surface area (Å²) in [5.41, 5.74) is 1.77. The van der Waals surface area contributed by atoms with Crippen molar-refractivity contribution in [2.24, 2.45) is 0 Å². The number of thiophene rings is 1. The van der Waals surface area contributed by atoms with Crippen LogP contribution >= 0.6 is 11.3 Å². The van der Waals surface area contributed by atoms with E-state index >= 15 is 0 Å². The Kier molecular flexibility index (Phi) is 4.79. The van der Waals surface area contributed by atoms with Crippen molar-refractivity contribution in [2.75, 3.05) is 7.11 Å². The van der Waals surface area contributed by atoms with E-state index in [1.165, 1.54) is 6.08 Å². The second-order valence-corrected chi connectivity index (χ2v) is 4.78. The van der Waals surface area contributed by atoms with E-state index in [4.69, 9.17) is 14.6 Å². The standard InChI is InChI=1S/C15H14O4S/c1-18-13-4-2-12(3-5-15(16)17)14(8-13)19-9-11-6-7-20-10-11/h2-8,10H,9H2,1H3,(H,16,17)/b5-3+. The van der Waals surface area contributed by atoms with Crippen molar-refractivity contribution in [3.05, 3.63) is 52.2 Å². The first-order valence-corrected chi connectivity index (χ1v) is 6.86. The number of carboxylic acid groups (broad SMARTS) is 1. The summed E-state index contributed by atoms with van der Waals surface area (Å²) in [7, 11) is 1.57. The van der Waals surface area contributed by atoms with E-state index in [0.29, 0.717) is 23.7 Å². The highest BCUT2D eigenvalue weighted by Gasteiger charge is 2.05. The molecular formula is C15H14O4S. The van der Waals surface area contributed by atoms with Gasteiger partial charge in [0.2, 0.25) is 0 Å². The van der Waals surface area contributed by atoms with Gasteiger partial charge in [-0.15, -0.1) is 0 Å². The van der Waals surface area contributed by atoms with E-state index in [9.17, 15) is 4.79 Å². The molecule has 0 aliphatic rings. The molecule has 104 valence electrons. The number of aliphatic carboxylic acids is 1. The lowest BCUT2D eigenvalue weighted by molar-refractivity contribution is -0.131. The molecule has 1 aromatic heterocycles. The maximum absolute atomic E-state index is 10.6. The van der Waals surface area contributed by atoms with E-state index in [-0.39, 0.29) is 0 Å². The molecule has 2 rings (SSSR count). The van der Waals surface area contributed by atoms with Crippen LogP contribution in [0.25, 0.3) is 6.08 Å². The first-order chi connectivity index (χ1) is 9.69. The smallest absolute Gasteiger partial charge is 0.328 e. The number of rotatable bonds is 6. The zero-order chi connectivity index (χ0) is 14.4. The molecule has 0 saturated heterocycles. The highest BCUT2D eigenvalue weighted by molar-refractivity contribution is 7.07. The monoisotopic (exact) mass is 290 g/mol. The summed E-state index contributed by atoms with van der Waals surface area (Å²) in [6.07, 6.45) is 2.59. The quantitative estimate of drug-likeness (QED) is 0.828. The number of hydrogen-bond donors (Lipinski definition) is 1. The fourth-order valence-electron chi connectivity index (χ4n) is 1.60. The SMILES string of the molecule is COc1ccc(/C=C/C(=O)O)c(OCc2ccsc2)c1. The molecule has 0 aliphatic heterocycles. The zero-order valence-corrected chi connectivity index (χ0v) is 11.7. The van der Waals surface area contributed by atoms with Crippen LogP contribution in [0, 0.1) is 0 Å². The van der Waals surface area contributed by atoms with Crippen molar-refractivity contribution < 1.29 is 19.4 Å². The van der Waals surface area contributed by atoms with Gasteiger partial charge in [-0.05, 0) is 40.6 Å². The van der Waals surface area contributed by atoms with E-state index in [2.05, 4.69) is 0 Å². The van der Waals surface area contributed by atoms with Gasteiger partial charge in [-0.1, -0.05) is 0 Å². The molecule has 0 unspecified atom stereocenters. The molecule has 0 spiro atoms. The average molecular weight is 290 g/mol. The summed E-state index contributed by atoms with van der Waals surface area (Å²) in [4.78, 5) is 10.6. The van der Waals surface area contributed by atoms with Crippen LogP contribution in [-0.2, 0) is 11.4 Å². The average Bonchev–Trinajstić information content (AvgIpc) is 2.96. The molecule has 0 saturated carbocycles. The van der Waals surface area contributed by atoms with Crippen LogP contribution in [0.3, 0.4) is 0 Å². The summed E-state index contributed by atoms with van der Waals surface area (Å²) in [6, 6.07) is 7.26. The van der Waals surface area contributed by atoms with Gasteiger partial charge in [-0.3, -0.25) is 0 Å². The van der Waals surface area contributed by atoms with Crippen molar-refractivity contribution in [1.29, 1.82) is 0 Å². The summed E-state index contributed by atoms with van der Waals surface area (Å²) < 4.78 is 10.9. The van der Waals surface area contributed by atoms with Gasteiger partial charge in [-0.2, -0.15) is 11.3 Å². The van der Waals surface area contributed by atoms with Crippen LogP contribution in [-0.4, -0.2) is 18.2 Å². The predicted octanol–water partition coefficient (Wildman–Crippen LogP) is 3.43. The van der Waals surface area contributed by atoms with Crippen LogP contribution in [0.1, 0.15) is 11.1 Å². The van der Waals surface area contributed by atoms with Crippen molar-refractivity contribution in [3.8, 4) is 11.5 Å². The second-order valence-electron chi connectivity index (χ2n) is 4.00. The second kappa shape index (κ2) is 6.77. The molecule has 0 atom stereocenters. The number of ether oxygens (including phenoxy) is 2. The Morgan fingerprint density at radius 3 is 2.90 bits per heavy atom. The molecule has 0 aliphatic carbocycles. The van der Waals surface area contributed by atoms with E-state index in [1.807, 2.05) is 16.8 Å². The molecule has 0 bridgehead atoms. The molecule has 0 amide bonds. The normalized spacial score (nSPS) is 10.7. The van der Waals surface area contributed by atoms with Crippen LogP contribution in [0.2, 0.25) is 0 Å². The third kappa shape index (κ3) is 3.86. The summed E-state index contributed by atoms with van der Waals surface area (Å²) in [5.74, 6) is 0.260. The Morgan fingerprint density at radius 2 is 2.25 bits per heavy atom. The minimum absolute atomic E-state index is 0.435. The maximum Gasteiger partial charge on any atom is 0.328 e. The molecular weight excluding hydrogens is 276 g/mol. The van der Waals surface area contributed by atoms with E-state index < -0.39 is 5.97 Å². The van der Waals surface area contributed by atoms with Crippen LogP contribution in [0.4, 0.5) is 0 Å². The van der Waals surface area contributed by atoms with Gasteiger partial charge in [-0.25, -0.2) is 4.79 Å². The van der Waals surface area contributed by atoms with Gasteiger partial charge in [0.05, 0.1) is 7.11 Å². The van der Waals surface area contributed by atoms with E-state index in [0.717, 1.165) is 11.6 Å². The molecule has 0 fully saturated rings. The minimum Gasteiger partial charge on any atom is -0.497 e. The topological polar surface area (TPSA) is 55.8 Å². The van der Waals surface area contributed by atoms with Crippen LogP contribution in [0.15, 0.2) is 41.1 Å². The predicted molar refractivity (Wildman–Crippen MR) is 78.3 cm³/mol. The highest BCUT2D eigenvalue weighted by atomic mass is 32.1. The Bertz CT molecular complexity index is 602. The lowest BCUT2D eigenvalue weighted by Crippen LogP contribution is -1.97. The van der Waals surface area contributed by atoms with Crippen molar-refractivity contribution >= 4 is 23.4 Å². The zero-order valence-electron chi connectivity index (χ0n) is 10.9. The number of hydrogen-bond acceptors (Lipinski definition) is 4. The molecule has 20 heavy (non-hydrogen) atoms. The lowest BCUT2D eigenvalue weighted by atomic mass is 10.1. The lowest BCUT2D eigenvalue weighted by Gasteiger charge is -2.10. The van der Waals surface area contributed by atoms with Crippen LogP contribution < -0.4 is 9.47 Å². The van der Waals surface area contributed by atoms with Crippen LogP contribution in [0.5, 0.6) is 11.5 Å². The number of benzene rings is 1. The number of carbonyl (C=O) groups is 1. The van der Waals surface area contributed by atoms with Gasteiger partial charge in [0.25, 0.3) is 0 Å². The Hall–Kier alpha value is -2.27. The van der Waals surface area contributed by atoms with Gasteiger partial charge < -0.3 is 14.6 Å². The summed E-state index contributed by atoms with van der Waals surface area (Å²) >= 11 is 1.60. The molecule has 2 aromatic rings. The van der Waals surface area contributed by atoms with Gasteiger partial charge >= 0.3 is 5.97 Å². The van der Waals surface area contributed by atoms with Crippen molar-refractivity contribution in [1.82, 2.24) is 0 Å². The minimum atomic E-state index is -0.996. The maximum atomic E-state index is 10.6. The molecule has 1 heterocycles. The summed E-state index contributed by atoms with van der Waals surface area (Å²) in [5, 5.41) is 12.7. The molecule has 0 radical (unpaired) electrons. The van der Waals surface area contributed by atoms with Crippen molar-refractivity contribution in [3.63, 3.8) is 0 Å². The Balaban J connectivity index is 2.20. The summed E-state index contributed by atoms with van der Waals surface area (Å²) in [6.45, 7) is 0.435. The fourth-order valence-corrected chi connectivity index (χ4v) is 2.25. The first kappa shape index (κ1) is 14.1. The Labute approximate surface area is 120 Å². The van der Waals surface area contributed by atoms with Gasteiger partial charge in [0.15, 0.2) is 0 Å². The molecule has 1 N–H and O–H groups in total. The van der Waals surface area contributed by atoms with Crippen molar-refractivity contribution in [2.45, 2.75) is 6.61 Å². The Morgan fingerprint density at radius 1 is 1.40 bits per heavy atom.